The van der Waals surface area contributed by atoms with Gasteiger partial charge in [0.2, 0.25) is 5.90 Å². The van der Waals surface area contributed by atoms with E-state index in [0.29, 0.717) is 0 Å². The molecule has 0 bridgehead atoms. The summed E-state index contributed by atoms with van der Waals surface area (Å²) >= 11 is 0. The van der Waals surface area contributed by atoms with Gasteiger partial charge in [0.05, 0.1) is 33.4 Å². The number of fused-ring (bicyclic) bond motifs is 2. The zero-order valence-corrected chi connectivity index (χ0v) is 15.1. The molecule has 10 heteroatoms. The summed E-state index contributed by atoms with van der Waals surface area (Å²) in [5, 5.41) is 7.50. The van der Waals surface area contributed by atoms with Crippen LogP contribution in [0.15, 0.2) is 36.4 Å². The van der Waals surface area contributed by atoms with Gasteiger partial charge >= 0.3 is 29.8 Å². The van der Waals surface area contributed by atoms with Gasteiger partial charge < -0.3 is 18.9 Å². The van der Waals surface area contributed by atoms with Crippen LogP contribution < -0.4 is 0 Å². The van der Waals surface area contributed by atoms with E-state index in [1.165, 1.54) is 36.4 Å². The molecule has 4 rings (SSSR count). The average molecular weight is 409 g/mol. The van der Waals surface area contributed by atoms with Crippen LogP contribution in [0, 0.1) is 5.41 Å². The van der Waals surface area contributed by atoms with Crippen molar-refractivity contribution >= 4 is 35.7 Å². The van der Waals surface area contributed by atoms with Gasteiger partial charge in [-0.05, 0) is 36.4 Å². The predicted molar refractivity (Wildman–Crippen MR) is 95.4 cm³/mol. The predicted octanol–water partition coefficient (Wildman–Crippen LogP) is 1.51. The van der Waals surface area contributed by atoms with E-state index in [0.717, 1.165) is 0 Å². The lowest BCUT2D eigenvalue weighted by Crippen LogP contribution is -2.15. The molecule has 0 unspecified atom stereocenters. The molecule has 2 aromatic rings. The second kappa shape index (κ2) is 7.24. The molecule has 10 nitrogen and oxygen atoms in total. The molecule has 1 N–H and O–H groups in total. The Morgan fingerprint density at radius 1 is 0.700 bits per heavy atom. The zero-order chi connectivity index (χ0) is 21.4. The Morgan fingerprint density at radius 2 is 1.17 bits per heavy atom. The van der Waals surface area contributed by atoms with Gasteiger partial charge in [-0.1, -0.05) is 0 Å². The molecule has 150 valence electrons. The molecule has 0 spiro atoms. The molecule has 0 radical (unpaired) electrons. The van der Waals surface area contributed by atoms with Crippen molar-refractivity contribution in [3.63, 3.8) is 0 Å². The highest BCUT2D eigenvalue weighted by atomic mass is 16.6. The monoisotopic (exact) mass is 409 g/mol. The second-order valence-electron chi connectivity index (χ2n) is 6.19. The summed E-state index contributed by atoms with van der Waals surface area (Å²) in [6, 6.07) is 7.85. The van der Waals surface area contributed by atoms with Crippen LogP contribution in [0.25, 0.3) is 0 Å². The van der Waals surface area contributed by atoms with Crippen molar-refractivity contribution in [3.8, 4) is 0 Å². The van der Waals surface area contributed by atoms with Gasteiger partial charge in [-0.3, -0.25) is 5.41 Å². The first-order valence-corrected chi connectivity index (χ1v) is 8.55. The van der Waals surface area contributed by atoms with Crippen molar-refractivity contribution in [1.29, 1.82) is 5.41 Å². The highest BCUT2D eigenvalue weighted by Gasteiger charge is 2.31. The van der Waals surface area contributed by atoms with Crippen molar-refractivity contribution in [2.75, 3.05) is 13.2 Å². The molecule has 0 aliphatic carbocycles. The number of hydrogen-bond acceptors (Lipinski definition) is 10. The van der Waals surface area contributed by atoms with Crippen LogP contribution in [-0.2, 0) is 18.9 Å². The molecule has 2 heterocycles. The number of carbonyl (C=O) groups excluding carboxylic acids is 5. The largest absolute Gasteiger partial charge is 0.458 e. The minimum absolute atomic E-state index is 0.0240. The molecule has 30 heavy (non-hydrogen) atoms. The second-order valence-corrected chi connectivity index (χ2v) is 6.19. The summed E-state index contributed by atoms with van der Waals surface area (Å²) < 4.78 is 19.1. The molecule has 0 fully saturated rings. The van der Waals surface area contributed by atoms with E-state index >= 15 is 0 Å². The molecule has 0 aromatic heterocycles. The zero-order valence-electron chi connectivity index (χ0n) is 15.1. The van der Waals surface area contributed by atoms with E-state index in [-0.39, 0.29) is 52.5 Å². The van der Waals surface area contributed by atoms with E-state index in [1.807, 2.05) is 0 Å². The topological polar surface area (TPSA) is 146 Å². The van der Waals surface area contributed by atoms with Gasteiger partial charge in [0, 0.05) is 0 Å². The standard InChI is InChI=1S/C20H11NO9/c21-15-11-3-1-9(7-13(11)19(25)29-15)16(22)27-5-6-28-17(23)10-2-4-12-14(8-10)20(26)30-18(12)24/h1-4,7-8,21H,5-6H2. The number of carbonyl (C=O) groups is 5. The molecule has 2 aromatic carbocycles. The van der Waals surface area contributed by atoms with Crippen LogP contribution >= 0.6 is 0 Å². The van der Waals surface area contributed by atoms with Crippen LogP contribution in [0.5, 0.6) is 0 Å². The molecule has 0 amide bonds. The van der Waals surface area contributed by atoms with Crippen LogP contribution in [0.2, 0.25) is 0 Å². The van der Waals surface area contributed by atoms with Crippen molar-refractivity contribution in [2.24, 2.45) is 0 Å². The van der Waals surface area contributed by atoms with Gasteiger partial charge in [0.1, 0.15) is 13.2 Å². The summed E-state index contributed by atoms with van der Waals surface area (Å²) in [6.45, 7) is -0.518. The SMILES string of the molecule is N=C1OC(=O)c2cc(C(=O)OCCOC(=O)c3ccc4c(c3)C(=O)OC4=O)ccc21. The normalized spacial score (nSPS) is 14.0. The smallest absolute Gasteiger partial charge is 0.346 e. The Morgan fingerprint density at radius 3 is 1.77 bits per heavy atom. The summed E-state index contributed by atoms with van der Waals surface area (Å²) in [5.74, 6) is -4.16. The lowest BCUT2D eigenvalue weighted by molar-refractivity contribution is 0.0265. The highest BCUT2D eigenvalue weighted by molar-refractivity contribution is 6.16. The third-order valence-electron chi connectivity index (χ3n) is 4.34. The molecule has 0 saturated carbocycles. The molecule has 0 saturated heterocycles. The first-order chi connectivity index (χ1) is 14.3. The number of cyclic esters (lactones) is 3. The van der Waals surface area contributed by atoms with Crippen molar-refractivity contribution in [1.82, 2.24) is 0 Å². The van der Waals surface area contributed by atoms with E-state index in [1.54, 1.807) is 0 Å². The summed E-state index contributed by atoms with van der Waals surface area (Å²) in [6.07, 6.45) is 0. The first-order valence-electron chi connectivity index (χ1n) is 8.55. The van der Waals surface area contributed by atoms with Crippen LogP contribution in [-0.4, -0.2) is 49.0 Å². The summed E-state index contributed by atoms with van der Waals surface area (Å²) in [7, 11) is 0. The molecule has 2 aliphatic heterocycles. The quantitative estimate of drug-likeness (QED) is 0.336. The minimum atomic E-state index is -0.841. The van der Waals surface area contributed by atoms with Gasteiger partial charge in [-0.25, -0.2) is 24.0 Å². The van der Waals surface area contributed by atoms with Crippen molar-refractivity contribution < 1.29 is 42.9 Å². The van der Waals surface area contributed by atoms with Gasteiger partial charge in [-0.2, -0.15) is 0 Å². The first kappa shape index (κ1) is 19.0. The van der Waals surface area contributed by atoms with E-state index < -0.39 is 29.8 Å². The maximum atomic E-state index is 12.1. The van der Waals surface area contributed by atoms with Gasteiger partial charge in [-0.15, -0.1) is 0 Å². The van der Waals surface area contributed by atoms with Crippen molar-refractivity contribution in [2.45, 2.75) is 0 Å². The Kier molecular flexibility index (Phi) is 4.59. The molecule has 0 atom stereocenters. The number of ether oxygens (including phenoxy) is 4. The van der Waals surface area contributed by atoms with E-state index in [2.05, 4.69) is 9.47 Å². The minimum Gasteiger partial charge on any atom is -0.458 e. The molecular weight excluding hydrogens is 398 g/mol. The third kappa shape index (κ3) is 3.30. The van der Waals surface area contributed by atoms with Crippen LogP contribution in [0.4, 0.5) is 0 Å². The average Bonchev–Trinajstić information content (AvgIpc) is 3.19. The number of nitrogens with one attached hydrogen (secondary N) is 1. The van der Waals surface area contributed by atoms with Crippen molar-refractivity contribution in [3.05, 3.63) is 69.8 Å². The summed E-state index contributed by atoms with van der Waals surface area (Å²) in [5.41, 5.74) is 0.530. The Labute approximate surface area is 167 Å². The number of esters is 5. The molecular formula is C20H11NO9. The van der Waals surface area contributed by atoms with E-state index in [9.17, 15) is 24.0 Å². The van der Waals surface area contributed by atoms with Crippen LogP contribution in [0.3, 0.4) is 0 Å². The van der Waals surface area contributed by atoms with Gasteiger partial charge in [0.25, 0.3) is 0 Å². The highest BCUT2D eigenvalue weighted by Crippen LogP contribution is 2.22. The lowest BCUT2D eigenvalue weighted by Gasteiger charge is -2.07. The molecule has 2 aliphatic rings. The maximum Gasteiger partial charge on any atom is 0.346 e. The Hall–Kier alpha value is -4.34. The number of benzene rings is 2. The lowest BCUT2D eigenvalue weighted by atomic mass is 10.1. The van der Waals surface area contributed by atoms with E-state index in [4.69, 9.17) is 14.9 Å². The third-order valence-corrected chi connectivity index (χ3v) is 4.34. The number of hydrogen-bond donors (Lipinski definition) is 1. The van der Waals surface area contributed by atoms with Crippen LogP contribution in [0.1, 0.15) is 57.4 Å². The fraction of sp³-hybridized carbons (Fsp3) is 0.100. The summed E-state index contributed by atoms with van der Waals surface area (Å²) in [4.78, 5) is 58.7. The number of rotatable bonds is 5. The Bertz CT molecular complexity index is 1070. The Balaban J connectivity index is 1.31. The fourth-order valence-electron chi connectivity index (χ4n) is 2.89. The van der Waals surface area contributed by atoms with Gasteiger partial charge in [0.15, 0.2) is 0 Å². The fourth-order valence-corrected chi connectivity index (χ4v) is 2.89. The maximum absolute atomic E-state index is 12.1.